The number of nitriles is 1. The van der Waals surface area contributed by atoms with Crippen molar-refractivity contribution in [3.05, 3.63) is 45.6 Å². The van der Waals surface area contributed by atoms with Crippen LogP contribution in [0.15, 0.2) is 35.5 Å². The Kier molecular flexibility index (Phi) is 4.79. The number of anilines is 1. The van der Waals surface area contributed by atoms with Crippen molar-refractivity contribution in [2.24, 2.45) is 5.73 Å². The minimum absolute atomic E-state index is 0.00124. The standard InChI is InChI=1S/C11H11N5O2S/c1-7(10(6-12)11(13)19)14-15-8-2-4-9(5-3-8)16(17)18/h2-5,14-15H,1H3,(H2,13,19)/b10-7+. The van der Waals surface area contributed by atoms with Crippen molar-refractivity contribution in [3.63, 3.8) is 0 Å². The third-order valence-electron chi connectivity index (χ3n) is 2.21. The largest absolute Gasteiger partial charge is 0.389 e. The molecule has 98 valence electrons. The molecule has 1 aromatic carbocycles. The van der Waals surface area contributed by atoms with Gasteiger partial charge in [0.2, 0.25) is 0 Å². The van der Waals surface area contributed by atoms with Crippen LogP contribution in [0.3, 0.4) is 0 Å². The lowest BCUT2D eigenvalue weighted by atomic mass is 10.2. The molecule has 0 spiro atoms. The first-order valence-corrected chi connectivity index (χ1v) is 5.53. The Labute approximate surface area is 114 Å². The van der Waals surface area contributed by atoms with Gasteiger partial charge in [-0.15, -0.1) is 0 Å². The van der Waals surface area contributed by atoms with Crippen molar-refractivity contribution >= 4 is 28.6 Å². The highest BCUT2D eigenvalue weighted by Crippen LogP contribution is 2.14. The number of nitro benzene ring substituents is 1. The molecule has 0 saturated heterocycles. The predicted molar refractivity (Wildman–Crippen MR) is 75.0 cm³/mol. The third kappa shape index (κ3) is 3.93. The molecule has 0 saturated carbocycles. The summed E-state index contributed by atoms with van der Waals surface area (Å²) in [6.07, 6.45) is 0. The van der Waals surface area contributed by atoms with E-state index < -0.39 is 4.92 Å². The number of nitrogens with zero attached hydrogens (tertiary/aromatic N) is 2. The van der Waals surface area contributed by atoms with Crippen LogP contribution < -0.4 is 16.6 Å². The summed E-state index contributed by atoms with van der Waals surface area (Å²) in [4.78, 5) is 9.99. The van der Waals surface area contributed by atoms with Gasteiger partial charge >= 0.3 is 0 Å². The summed E-state index contributed by atoms with van der Waals surface area (Å²) in [5.41, 5.74) is 12.1. The average Bonchev–Trinajstić information content (AvgIpc) is 2.37. The third-order valence-corrected chi connectivity index (χ3v) is 2.41. The van der Waals surface area contributed by atoms with Gasteiger partial charge in [0, 0.05) is 17.8 Å². The fraction of sp³-hybridized carbons (Fsp3) is 0.0909. The molecule has 0 bridgehead atoms. The molecule has 1 aromatic rings. The zero-order valence-corrected chi connectivity index (χ0v) is 10.8. The number of hydrazine groups is 1. The normalized spacial score (nSPS) is 10.9. The van der Waals surface area contributed by atoms with Gasteiger partial charge in [0.05, 0.1) is 10.6 Å². The van der Waals surface area contributed by atoms with Crippen LogP contribution in [-0.2, 0) is 0 Å². The minimum atomic E-state index is -0.483. The summed E-state index contributed by atoms with van der Waals surface area (Å²) < 4.78 is 0. The molecular formula is C11H11N5O2S. The number of thiocarbonyl (C=S) groups is 1. The van der Waals surface area contributed by atoms with E-state index in [0.29, 0.717) is 11.4 Å². The second-order valence-electron chi connectivity index (χ2n) is 3.53. The molecule has 0 unspecified atom stereocenters. The fourth-order valence-corrected chi connectivity index (χ4v) is 1.42. The molecule has 0 aliphatic rings. The lowest BCUT2D eigenvalue weighted by Gasteiger charge is -2.11. The fourth-order valence-electron chi connectivity index (χ4n) is 1.22. The molecule has 4 N–H and O–H groups in total. The molecule has 1 rings (SSSR count). The number of benzene rings is 1. The Morgan fingerprint density at radius 1 is 1.47 bits per heavy atom. The van der Waals surface area contributed by atoms with Gasteiger partial charge in [-0.05, 0) is 19.1 Å². The summed E-state index contributed by atoms with van der Waals surface area (Å²) in [5.74, 6) is 0. The topological polar surface area (TPSA) is 117 Å². The van der Waals surface area contributed by atoms with Crippen LogP contribution in [0, 0.1) is 21.4 Å². The SMILES string of the molecule is C/C(NNc1ccc([N+](=O)[O-])cc1)=C(/C#N)C(N)=S. The van der Waals surface area contributed by atoms with E-state index in [9.17, 15) is 10.1 Å². The number of non-ortho nitro benzene ring substituents is 1. The highest BCUT2D eigenvalue weighted by molar-refractivity contribution is 7.80. The van der Waals surface area contributed by atoms with Gasteiger partial charge in [-0.3, -0.25) is 10.1 Å². The van der Waals surface area contributed by atoms with Crippen LogP contribution in [0.5, 0.6) is 0 Å². The monoisotopic (exact) mass is 277 g/mol. The summed E-state index contributed by atoms with van der Waals surface area (Å²) in [6.45, 7) is 1.64. The van der Waals surface area contributed by atoms with Crippen molar-refractivity contribution in [2.45, 2.75) is 6.92 Å². The molecule has 0 aliphatic heterocycles. The summed E-state index contributed by atoms with van der Waals surface area (Å²) >= 11 is 4.72. The van der Waals surface area contributed by atoms with Crippen LogP contribution >= 0.6 is 12.2 Å². The van der Waals surface area contributed by atoms with Crippen LogP contribution in [-0.4, -0.2) is 9.91 Å². The lowest BCUT2D eigenvalue weighted by Crippen LogP contribution is -2.24. The van der Waals surface area contributed by atoms with Crippen LogP contribution in [0.4, 0.5) is 11.4 Å². The van der Waals surface area contributed by atoms with E-state index in [0.717, 1.165) is 0 Å². The molecule has 0 atom stereocenters. The Bertz CT molecular complexity index is 574. The Hall–Kier alpha value is -2.66. The van der Waals surface area contributed by atoms with Crippen molar-refractivity contribution < 1.29 is 4.92 Å². The maximum absolute atomic E-state index is 10.5. The molecule has 7 nitrogen and oxygen atoms in total. The predicted octanol–water partition coefficient (Wildman–Crippen LogP) is 1.59. The molecule has 0 amide bonds. The van der Waals surface area contributed by atoms with E-state index in [2.05, 4.69) is 10.9 Å². The van der Waals surface area contributed by atoms with E-state index in [-0.39, 0.29) is 16.2 Å². The zero-order chi connectivity index (χ0) is 14.4. The smallest absolute Gasteiger partial charge is 0.269 e. The second kappa shape index (κ2) is 6.32. The first-order valence-electron chi connectivity index (χ1n) is 5.13. The van der Waals surface area contributed by atoms with Gasteiger partial charge in [-0.25, -0.2) is 0 Å². The average molecular weight is 277 g/mol. The molecule has 0 heterocycles. The molecular weight excluding hydrogens is 266 g/mol. The first kappa shape index (κ1) is 14.4. The van der Waals surface area contributed by atoms with Crippen LogP contribution in [0.2, 0.25) is 0 Å². The number of nitro groups is 1. The second-order valence-corrected chi connectivity index (χ2v) is 3.97. The number of nitrogens with two attached hydrogens (primary N) is 1. The number of hydrogen-bond donors (Lipinski definition) is 3. The number of rotatable bonds is 5. The van der Waals surface area contributed by atoms with E-state index >= 15 is 0 Å². The zero-order valence-electron chi connectivity index (χ0n) is 10.0. The van der Waals surface area contributed by atoms with E-state index in [1.807, 2.05) is 6.07 Å². The molecule has 0 aliphatic carbocycles. The Balaban J connectivity index is 2.75. The van der Waals surface area contributed by atoms with E-state index in [1.54, 1.807) is 6.92 Å². The maximum Gasteiger partial charge on any atom is 0.269 e. The first-order chi connectivity index (χ1) is 8.95. The van der Waals surface area contributed by atoms with Gasteiger partial charge in [-0.1, -0.05) is 12.2 Å². The molecule has 8 heteroatoms. The quantitative estimate of drug-likeness (QED) is 0.246. The van der Waals surface area contributed by atoms with Gasteiger partial charge < -0.3 is 16.6 Å². The maximum atomic E-state index is 10.5. The Morgan fingerprint density at radius 2 is 2.05 bits per heavy atom. The summed E-state index contributed by atoms with van der Waals surface area (Å²) in [5, 5.41) is 19.3. The van der Waals surface area contributed by atoms with Crippen molar-refractivity contribution in [1.82, 2.24) is 5.43 Å². The Morgan fingerprint density at radius 3 is 2.47 bits per heavy atom. The van der Waals surface area contributed by atoms with Crippen LogP contribution in [0.1, 0.15) is 6.92 Å². The molecule has 0 radical (unpaired) electrons. The summed E-state index contributed by atoms with van der Waals surface area (Å²) in [6, 6.07) is 7.67. The van der Waals surface area contributed by atoms with Crippen molar-refractivity contribution in [3.8, 4) is 6.07 Å². The molecule has 0 fully saturated rings. The number of allylic oxidation sites excluding steroid dienone is 1. The number of hydrogen-bond acceptors (Lipinski definition) is 6. The van der Waals surface area contributed by atoms with Gasteiger partial charge in [0.15, 0.2) is 0 Å². The number of nitrogens with one attached hydrogen (secondary N) is 2. The summed E-state index contributed by atoms with van der Waals surface area (Å²) in [7, 11) is 0. The highest BCUT2D eigenvalue weighted by Gasteiger charge is 2.06. The molecule has 0 aromatic heterocycles. The van der Waals surface area contributed by atoms with Crippen LogP contribution in [0.25, 0.3) is 0 Å². The van der Waals surface area contributed by atoms with E-state index in [4.69, 9.17) is 23.2 Å². The van der Waals surface area contributed by atoms with E-state index in [1.165, 1.54) is 24.3 Å². The van der Waals surface area contributed by atoms with Gasteiger partial charge in [-0.2, -0.15) is 5.26 Å². The highest BCUT2D eigenvalue weighted by atomic mass is 32.1. The molecule has 19 heavy (non-hydrogen) atoms. The minimum Gasteiger partial charge on any atom is -0.389 e. The lowest BCUT2D eigenvalue weighted by molar-refractivity contribution is -0.384. The van der Waals surface area contributed by atoms with Crippen molar-refractivity contribution in [1.29, 1.82) is 5.26 Å². The van der Waals surface area contributed by atoms with Gasteiger partial charge in [0.1, 0.15) is 16.6 Å². The van der Waals surface area contributed by atoms with Crippen molar-refractivity contribution in [2.75, 3.05) is 5.43 Å². The van der Waals surface area contributed by atoms with Gasteiger partial charge in [0.25, 0.3) is 5.69 Å².